The number of carbonyl (C=O) groups excluding carboxylic acids is 1. The Kier molecular flexibility index (Phi) is 6.48. The fourth-order valence-corrected chi connectivity index (χ4v) is 1.96. The predicted octanol–water partition coefficient (Wildman–Crippen LogP) is 0.877. The number of benzene rings is 1. The molecule has 0 aliphatic carbocycles. The van der Waals surface area contributed by atoms with Crippen molar-refractivity contribution in [3.05, 3.63) is 29.8 Å². The van der Waals surface area contributed by atoms with Gasteiger partial charge in [-0.25, -0.2) is 0 Å². The lowest BCUT2D eigenvalue weighted by Gasteiger charge is -2.29. The van der Waals surface area contributed by atoms with E-state index in [2.05, 4.69) is 5.32 Å². The Morgan fingerprint density at radius 2 is 1.95 bits per heavy atom. The van der Waals surface area contributed by atoms with Crippen LogP contribution < -0.4 is 10.1 Å². The zero-order valence-electron chi connectivity index (χ0n) is 12.1. The summed E-state index contributed by atoms with van der Waals surface area (Å²) >= 11 is 0. The highest BCUT2D eigenvalue weighted by molar-refractivity contribution is 5.77. The van der Waals surface area contributed by atoms with Crippen LogP contribution in [0.25, 0.3) is 0 Å². The number of carbonyl (C=O) groups is 1. The van der Waals surface area contributed by atoms with E-state index < -0.39 is 5.54 Å². The van der Waals surface area contributed by atoms with Crippen molar-refractivity contribution in [2.75, 3.05) is 20.3 Å². The van der Waals surface area contributed by atoms with Gasteiger partial charge in [0.05, 0.1) is 25.9 Å². The van der Waals surface area contributed by atoms with E-state index in [0.29, 0.717) is 12.8 Å². The molecule has 0 fully saturated rings. The molecule has 1 aromatic rings. The summed E-state index contributed by atoms with van der Waals surface area (Å²) in [4.78, 5) is 11.9. The number of aryl methyl sites for hydroxylation is 1. The minimum Gasteiger partial charge on any atom is -0.496 e. The lowest BCUT2D eigenvalue weighted by molar-refractivity contribution is -0.124. The Morgan fingerprint density at radius 3 is 2.50 bits per heavy atom. The molecule has 1 aromatic carbocycles. The van der Waals surface area contributed by atoms with Crippen LogP contribution in [-0.4, -0.2) is 42.0 Å². The molecule has 0 bridgehead atoms. The third-order valence-corrected chi connectivity index (χ3v) is 3.50. The molecule has 0 aromatic heterocycles. The number of methoxy groups -OCH3 is 1. The number of aliphatic hydroxyl groups is 2. The van der Waals surface area contributed by atoms with Crippen molar-refractivity contribution in [3.63, 3.8) is 0 Å². The fourth-order valence-electron chi connectivity index (χ4n) is 1.96. The van der Waals surface area contributed by atoms with Gasteiger partial charge in [0.1, 0.15) is 5.75 Å². The normalized spacial score (nSPS) is 11.2. The standard InChI is InChI=1S/C15H23NO4/c1-3-15(10-17,11-18)16-14(19)9-8-12-6-4-5-7-13(12)20-2/h4-7,17-18H,3,8-11H2,1-2H3,(H,16,19). The molecule has 5 nitrogen and oxygen atoms in total. The van der Waals surface area contributed by atoms with Crippen molar-refractivity contribution in [2.45, 2.75) is 31.7 Å². The van der Waals surface area contributed by atoms with Gasteiger partial charge in [-0.3, -0.25) is 4.79 Å². The van der Waals surface area contributed by atoms with Gasteiger partial charge in [0.2, 0.25) is 5.91 Å². The number of nitrogens with one attached hydrogen (secondary N) is 1. The summed E-state index contributed by atoms with van der Waals surface area (Å²) in [6.07, 6.45) is 1.30. The lowest BCUT2D eigenvalue weighted by atomic mass is 9.98. The topological polar surface area (TPSA) is 78.8 Å². The lowest BCUT2D eigenvalue weighted by Crippen LogP contribution is -2.53. The van der Waals surface area contributed by atoms with Crippen LogP contribution in [-0.2, 0) is 11.2 Å². The Bertz CT molecular complexity index is 421. The second kappa shape index (κ2) is 7.87. The highest BCUT2D eigenvalue weighted by atomic mass is 16.5. The summed E-state index contributed by atoms with van der Waals surface area (Å²) in [6.45, 7) is 1.26. The summed E-state index contributed by atoms with van der Waals surface area (Å²) < 4.78 is 5.23. The molecular formula is C15H23NO4. The van der Waals surface area contributed by atoms with Crippen LogP contribution >= 0.6 is 0 Å². The van der Waals surface area contributed by atoms with Gasteiger partial charge in [0, 0.05) is 6.42 Å². The maximum atomic E-state index is 11.9. The van der Waals surface area contributed by atoms with E-state index in [1.807, 2.05) is 31.2 Å². The van der Waals surface area contributed by atoms with Crippen molar-refractivity contribution in [1.82, 2.24) is 5.32 Å². The Labute approximate surface area is 119 Å². The highest BCUT2D eigenvalue weighted by Crippen LogP contribution is 2.19. The van der Waals surface area contributed by atoms with Crippen LogP contribution in [0.3, 0.4) is 0 Å². The zero-order chi connectivity index (χ0) is 15.0. The molecule has 0 radical (unpaired) electrons. The summed E-state index contributed by atoms with van der Waals surface area (Å²) in [5.74, 6) is 0.562. The maximum Gasteiger partial charge on any atom is 0.220 e. The van der Waals surface area contributed by atoms with E-state index in [4.69, 9.17) is 4.74 Å². The molecule has 20 heavy (non-hydrogen) atoms. The molecule has 0 saturated heterocycles. The number of hydrogen-bond acceptors (Lipinski definition) is 4. The summed E-state index contributed by atoms with van der Waals surface area (Å²) in [5, 5.41) is 21.3. The zero-order valence-corrected chi connectivity index (χ0v) is 12.1. The number of rotatable bonds is 8. The quantitative estimate of drug-likeness (QED) is 0.661. The molecule has 0 saturated carbocycles. The second-order valence-electron chi connectivity index (χ2n) is 4.81. The van der Waals surface area contributed by atoms with E-state index in [0.717, 1.165) is 11.3 Å². The number of hydrogen-bond donors (Lipinski definition) is 3. The molecule has 112 valence electrons. The Morgan fingerprint density at radius 1 is 1.30 bits per heavy atom. The van der Waals surface area contributed by atoms with Crippen LogP contribution in [0.4, 0.5) is 0 Å². The molecule has 5 heteroatoms. The first-order chi connectivity index (χ1) is 9.60. The minimum absolute atomic E-state index is 0.194. The number of para-hydroxylation sites is 1. The SMILES string of the molecule is CCC(CO)(CO)NC(=O)CCc1ccccc1OC. The van der Waals surface area contributed by atoms with Crippen LogP contribution in [0.1, 0.15) is 25.3 Å². The molecular weight excluding hydrogens is 258 g/mol. The van der Waals surface area contributed by atoms with Gasteiger partial charge in [-0.15, -0.1) is 0 Å². The molecule has 0 unspecified atom stereocenters. The Hall–Kier alpha value is -1.59. The maximum absolute atomic E-state index is 11.9. The first kappa shape index (κ1) is 16.5. The molecule has 0 aliphatic rings. The van der Waals surface area contributed by atoms with Crippen LogP contribution in [0.15, 0.2) is 24.3 Å². The van der Waals surface area contributed by atoms with Crippen molar-refractivity contribution >= 4 is 5.91 Å². The summed E-state index contributed by atoms with van der Waals surface area (Å²) in [7, 11) is 1.60. The second-order valence-corrected chi connectivity index (χ2v) is 4.81. The molecule has 3 N–H and O–H groups in total. The first-order valence-corrected chi connectivity index (χ1v) is 6.75. The van der Waals surface area contributed by atoms with E-state index >= 15 is 0 Å². The first-order valence-electron chi connectivity index (χ1n) is 6.75. The molecule has 0 spiro atoms. The van der Waals surface area contributed by atoms with Gasteiger partial charge in [-0.05, 0) is 24.5 Å². The number of ether oxygens (including phenoxy) is 1. The van der Waals surface area contributed by atoms with Crippen molar-refractivity contribution < 1.29 is 19.7 Å². The van der Waals surface area contributed by atoms with E-state index in [-0.39, 0.29) is 25.5 Å². The van der Waals surface area contributed by atoms with E-state index in [1.165, 1.54) is 0 Å². The number of aliphatic hydroxyl groups excluding tert-OH is 2. The van der Waals surface area contributed by atoms with Crippen molar-refractivity contribution in [3.8, 4) is 5.75 Å². The molecule has 1 rings (SSSR count). The van der Waals surface area contributed by atoms with E-state index in [9.17, 15) is 15.0 Å². The van der Waals surface area contributed by atoms with Gasteiger partial charge >= 0.3 is 0 Å². The smallest absolute Gasteiger partial charge is 0.220 e. The monoisotopic (exact) mass is 281 g/mol. The van der Waals surface area contributed by atoms with Gasteiger partial charge in [-0.2, -0.15) is 0 Å². The molecule has 0 aliphatic heterocycles. The molecule has 1 amide bonds. The third-order valence-electron chi connectivity index (χ3n) is 3.50. The van der Waals surface area contributed by atoms with E-state index in [1.54, 1.807) is 7.11 Å². The van der Waals surface area contributed by atoms with Gasteiger partial charge in [0.15, 0.2) is 0 Å². The summed E-state index contributed by atoms with van der Waals surface area (Å²) in [5.41, 5.74) is 0.0259. The van der Waals surface area contributed by atoms with Gasteiger partial charge in [-0.1, -0.05) is 25.1 Å². The van der Waals surface area contributed by atoms with Crippen molar-refractivity contribution in [2.24, 2.45) is 0 Å². The minimum atomic E-state index is -0.933. The average molecular weight is 281 g/mol. The van der Waals surface area contributed by atoms with Crippen molar-refractivity contribution in [1.29, 1.82) is 0 Å². The third kappa shape index (κ3) is 4.21. The van der Waals surface area contributed by atoms with Crippen LogP contribution in [0.5, 0.6) is 5.75 Å². The van der Waals surface area contributed by atoms with Crippen LogP contribution in [0, 0.1) is 0 Å². The van der Waals surface area contributed by atoms with Crippen LogP contribution in [0.2, 0.25) is 0 Å². The largest absolute Gasteiger partial charge is 0.496 e. The molecule has 0 heterocycles. The summed E-state index contributed by atoms with van der Waals surface area (Å²) in [6, 6.07) is 7.54. The van der Waals surface area contributed by atoms with Gasteiger partial charge < -0.3 is 20.3 Å². The number of amides is 1. The average Bonchev–Trinajstić information content (AvgIpc) is 2.51. The fraction of sp³-hybridized carbons (Fsp3) is 0.533. The predicted molar refractivity (Wildman–Crippen MR) is 76.7 cm³/mol. The Balaban J connectivity index is 2.59. The molecule has 0 atom stereocenters. The van der Waals surface area contributed by atoms with Gasteiger partial charge in [0.25, 0.3) is 0 Å². The highest BCUT2D eigenvalue weighted by Gasteiger charge is 2.28.